The van der Waals surface area contributed by atoms with Gasteiger partial charge in [-0.1, -0.05) is 91.0 Å². The highest BCUT2D eigenvalue weighted by atomic mass is 19.4. The van der Waals surface area contributed by atoms with E-state index in [1.807, 2.05) is 85.8 Å². The number of aliphatic carboxylic acids is 2. The second-order valence-corrected chi connectivity index (χ2v) is 12.6. The highest BCUT2D eigenvalue weighted by Crippen LogP contribution is 2.30. The summed E-state index contributed by atoms with van der Waals surface area (Å²) in [6.45, 7) is 3.30. The van der Waals surface area contributed by atoms with Gasteiger partial charge in [-0.15, -0.1) is 0 Å². The Morgan fingerprint density at radius 2 is 1.30 bits per heavy atom. The van der Waals surface area contributed by atoms with Gasteiger partial charge in [0.15, 0.2) is 0 Å². The third-order valence-corrected chi connectivity index (χ3v) is 8.34. The first-order valence-electron chi connectivity index (χ1n) is 17.3. The van der Waals surface area contributed by atoms with Gasteiger partial charge < -0.3 is 36.2 Å². The molecule has 0 aliphatic carbocycles. The predicted octanol–water partition coefficient (Wildman–Crippen LogP) is 8.36. The van der Waals surface area contributed by atoms with Gasteiger partial charge in [-0.25, -0.2) is 9.59 Å². The van der Waals surface area contributed by atoms with Crippen molar-refractivity contribution < 1.29 is 47.3 Å². The van der Waals surface area contributed by atoms with Gasteiger partial charge in [-0.05, 0) is 70.6 Å². The lowest BCUT2D eigenvalue weighted by molar-refractivity contribution is -0.192. The predicted molar refractivity (Wildman–Crippen MR) is 207 cm³/mol. The highest BCUT2D eigenvalue weighted by Gasteiger charge is 2.38. The maximum Gasteiger partial charge on any atom is 0.490 e. The Morgan fingerprint density at radius 1 is 0.679 bits per heavy atom. The van der Waals surface area contributed by atoms with E-state index in [4.69, 9.17) is 14.6 Å². The van der Waals surface area contributed by atoms with Crippen LogP contribution in [0, 0.1) is 6.92 Å². The molecular formula is C42H41F3N4O7. The highest BCUT2D eigenvalue weighted by molar-refractivity contribution is 6.01. The van der Waals surface area contributed by atoms with Crippen LogP contribution in [0.2, 0.25) is 0 Å². The van der Waals surface area contributed by atoms with E-state index in [9.17, 15) is 32.7 Å². The van der Waals surface area contributed by atoms with Crippen molar-refractivity contribution in [2.24, 2.45) is 0 Å². The Kier molecular flexibility index (Phi) is 15.1. The van der Waals surface area contributed by atoms with Gasteiger partial charge in [0.25, 0.3) is 0 Å². The topological polar surface area (TPSA) is 166 Å². The summed E-state index contributed by atoms with van der Waals surface area (Å²) in [6.07, 6.45) is -5.06. The lowest BCUT2D eigenvalue weighted by Crippen LogP contribution is -2.21. The van der Waals surface area contributed by atoms with E-state index >= 15 is 0 Å². The Morgan fingerprint density at radius 3 is 1.95 bits per heavy atom. The molecule has 0 aromatic heterocycles. The van der Waals surface area contributed by atoms with Gasteiger partial charge in [-0.3, -0.25) is 9.59 Å². The molecule has 0 aliphatic heterocycles. The van der Waals surface area contributed by atoms with E-state index in [1.54, 1.807) is 30.3 Å². The number of carbonyl (C=O) groups excluding carboxylic acids is 2. The number of hydrogen-bond donors (Lipinski definition) is 6. The van der Waals surface area contributed by atoms with Crippen LogP contribution in [-0.2, 0) is 33.9 Å². The number of alkyl halides is 3. The van der Waals surface area contributed by atoms with Crippen molar-refractivity contribution in [3.8, 4) is 5.75 Å². The molecule has 0 saturated carbocycles. The molecule has 1 atom stereocenters. The second kappa shape index (κ2) is 20.1. The molecule has 0 spiro atoms. The molecule has 0 radical (unpaired) electrons. The van der Waals surface area contributed by atoms with Crippen LogP contribution in [0.5, 0.6) is 5.75 Å². The van der Waals surface area contributed by atoms with E-state index in [1.165, 1.54) is 12.7 Å². The first-order valence-corrected chi connectivity index (χ1v) is 17.3. The molecule has 14 heteroatoms. The zero-order chi connectivity index (χ0) is 40.7. The number of hydrogen-bond acceptors (Lipinski definition) is 6. The van der Waals surface area contributed by atoms with E-state index in [-0.39, 0.29) is 24.7 Å². The zero-order valence-electron chi connectivity index (χ0n) is 30.5. The van der Waals surface area contributed by atoms with Gasteiger partial charge in [0, 0.05) is 30.4 Å². The Labute approximate surface area is 321 Å². The van der Waals surface area contributed by atoms with Crippen LogP contribution >= 0.6 is 0 Å². The molecule has 3 amide bonds. The fraction of sp³-hybridized carbons (Fsp3) is 0.190. The molecule has 56 heavy (non-hydrogen) atoms. The van der Waals surface area contributed by atoms with Crippen LogP contribution in [0.3, 0.4) is 0 Å². The molecule has 1 unspecified atom stereocenters. The minimum atomic E-state index is -5.08. The minimum absolute atomic E-state index is 0.0627. The van der Waals surface area contributed by atoms with Crippen LogP contribution in [0.4, 0.5) is 35.0 Å². The van der Waals surface area contributed by atoms with E-state index in [0.717, 1.165) is 28.8 Å². The van der Waals surface area contributed by atoms with Crippen molar-refractivity contribution >= 4 is 40.9 Å². The normalized spacial score (nSPS) is 11.3. The number of methoxy groups -OCH3 is 1. The van der Waals surface area contributed by atoms with Gasteiger partial charge in [0.05, 0.1) is 25.6 Å². The van der Waals surface area contributed by atoms with E-state index in [0.29, 0.717) is 34.9 Å². The largest absolute Gasteiger partial charge is 0.495 e. The van der Waals surface area contributed by atoms with Crippen LogP contribution in [0.25, 0.3) is 0 Å². The van der Waals surface area contributed by atoms with Crippen molar-refractivity contribution in [3.63, 3.8) is 0 Å². The monoisotopic (exact) mass is 770 g/mol. The number of aryl methyl sites for hydroxylation is 1. The summed E-state index contributed by atoms with van der Waals surface area (Å²) in [6, 6.07) is 37.7. The van der Waals surface area contributed by atoms with Gasteiger partial charge >= 0.3 is 24.1 Å². The van der Waals surface area contributed by atoms with Crippen molar-refractivity contribution in [1.82, 2.24) is 5.32 Å². The third-order valence-electron chi connectivity index (χ3n) is 8.34. The quantitative estimate of drug-likeness (QED) is 0.0656. The minimum Gasteiger partial charge on any atom is -0.495 e. The van der Waals surface area contributed by atoms with Crippen molar-refractivity contribution in [1.29, 1.82) is 0 Å². The molecule has 0 saturated heterocycles. The number of anilines is 3. The average Bonchev–Trinajstić information content (AvgIpc) is 3.16. The number of para-hydroxylation sites is 1. The number of carbonyl (C=O) groups is 4. The molecule has 5 aromatic rings. The summed E-state index contributed by atoms with van der Waals surface area (Å²) < 4.78 is 37.2. The van der Waals surface area contributed by atoms with Gasteiger partial charge in [0.1, 0.15) is 5.75 Å². The molecule has 11 nitrogen and oxygen atoms in total. The summed E-state index contributed by atoms with van der Waals surface area (Å²) in [5.74, 6) is -3.80. The maximum atomic E-state index is 13.0. The number of amides is 3. The Bertz CT molecular complexity index is 2110. The smallest absolute Gasteiger partial charge is 0.490 e. The summed E-state index contributed by atoms with van der Waals surface area (Å²) in [4.78, 5) is 46.3. The molecule has 0 heterocycles. The number of carboxylic acids is 2. The summed E-state index contributed by atoms with van der Waals surface area (Å²) in [7, 11) is 1.50. The molecule has 0 aliphatic rings. The zero-order valence-corrected chi connectivity index (χ0v) is 30.5. The fourth-order valence-electron chi connectivity index (χ4n) is 5.60. The Hall–Kier alpha value is -6.67. The maximum absolute atomic E-state index is 13.0. The fourth-order valence-corrected chi connectivity index (χ4v) is 5.60. The number of carboxylic acid groups (broad SMARTS) is 2. The second-order valence-electron chi connectivity index (χ2n) is 12.6. The summed E-state index contributed by atoms with van der Waals surface area (Å²) in [5, 5.41) is 28.8. The first kappa shape index (κ1) is 42.1. The summed E-state index contributed by atoms with van der Waals surface area (Å²) >= 11 is 0. The van der Waals surface area contributed by atoms with Crippen molar-refractivity contribution in [2.45, 2.75) is 44.9 Å². The lowest BCUT2D eigenvalue weighted by Gasteiger charge is -2.18. The molecular weight excluding hydrogens is 729 g/mol. The molecule has 292 valence electrons. The molecule has 6 N–H and O–H groups in total. The number of benzene rings is 5. The first-order chi connectivity index (χ1) is 26.7. The number of rotatable bonds is 14. The number of nitrogens with one attached hydrogen (secondary N) is 4. The molecule has 0 fully saturated rings. The Balaban J connectivity index is 0.000000908. The molecule has 5 aromatic carbocycles. The van der Waals surface area contributed by atoms with Crippen molar-refractivity contribution in [2.75, 3.05) is 23.1 Å². The van der Waals surface area contributed by atoms with Crippen molar-refractivity contribution in [3.05, 3.63) is 155 Å². The van der Waals surface area contributed by atoms with E-state index < -0.39 is 24.1 Å². The molecule has 5 rings (SSSR count). The number of ether oxygens (including phenoxy) is 1. The molecule has 0 bridgehead atoms. The third kappa shape index (κ3) is 13.3. The standard InChI is InChI=1S/C40H40N4O5.C2HF3O2/c1-27-9-6-7-14-35(27)43-40(48)44-36-20-15-29(22-37(36)49-2)23-38(45)42-33-18-16-31(17-19-33)34(24-39(46)47)32-13-8-12-30(21-32)26-41-25-28-10-4-3-5-11-28;3-2(4,5)1(6)7/h3-22,34,41H,23-26H2,1-2H3,(H,42,45)(H,46,47)(H2,43,44,48);(H,6,7). The number of halogens is 3. The van der Waals surface area contributed by atoms with Crippen LogP contribution in [-0.4, -0.2) is 47.4 Å². The van der Waals surface area contributed by atoms with Crippen LogP contribution < -0.4 is 26.0 Å². The van der Waals surface area contributed by atoms with Gasteiger partial charge in [-0.2, -0.15) is 13.2 Å². The van der Waals surface area contributed by atoms with Gasteiger partial charge in [0.2, 0.25) is 5.91 Å². The average molecular weight is 771 g/mol. The van der Waals surface area contributed by atoms with Crippen LogP contribution in [0.15, 0.2) is 121 Å². The summed E-state index contributed by atoms with van der Waals surface area (Å²) in [5.41, 5.74) is 7.43. The van der Waals surface area contributed by atoms with E-state index in [2.05, 4.69) is 33.4 Å². The number of urea groups is 1. The lowest BCUT2D eigenvalue weighted by atomic mass is 9.87. The SMILES string of the molecule is COc1cc(CC(=O)Nc2ccc(C(CC(=O)O)c3cccc(CNCc4ccccc4)c3)cc2)ccc1NC(=O)Nc1ccccc1C.O=C(O)C(F)(F)F. The van der Waals surface area contributed by atoms with Crippen LogP contribution in [0.1, 0.15) is 45.7 Å².